The fourth-order valence-electron chi connectivity index (χ4n) is 2.39. The van der Waals surface area contributed by atoms with Gasteiger partial charge in [0.1, 0.15) is 0 Å². The largest absolute Gasteiger partial charge is 0.465 e. The lowest BCUT2D eigenvalue weighted by Crippen LogP contribution is -2.03. The monoisotopic (exact) mass is 368 g/mol. The summed E-state index contributed by atoms with van der Waals surface area (Å²) in [6, 6.07) is 18.2. The molecule has 0 aromatic heterocycles. The molecule has 0 saturated carbocycles. The number of hydrogen-bond acceptors (Lipinski definition) is 3. The van der Waals surface area contributed by atoms with Gasteiger partial charge in [-0.15, -0.1) is 0 Å². The van der Waals surface area contributed by atoms with Crippen LogP contribution in [0.25, 0.3) is 21.5 Å². The molecule has 0 aliphatic carbocycles. The fraction of sp³-hybridized carbons (Fsp3) is 0.0500. The number of ketones is 1. The molecule has 6 N–H and O–H groups in total. The highest BCUT2D eigenvalue weighted by Crippen LogP contribution is 2.26. The molecule has 140 valence electrons. The van der Waals surface area contributed by atoms with Crippen LogP contribution in [0.3, 0.4) is 0 Å². The second-order valence-corrected chi connectivity index (χ2v) is 5.51. The summed E-state index contributed by atoms with van der Waals surface area (Å²) in [5, 5.41) is 18.8. The zero-order valence-electron chi connectivity index (χ0n) is 14.7. The van der Waals surface area contributed by atoms with Gasteiger partial charge in [0.25, 0.3) is 0 Å². The molecule has 0 bridgehead atoms. The second kappa shape index (κ2) is 9.57. The Labute approximate surface area is 155 Å². The Morgan fingerprint density at radius 3 is 1.74 bits per heavy atom. The van der Waals surface area contributed by atoms with Crippen LogP contribution < -0.4 is 11.5 Å². The SMILES string of the molecule is C=C(C)C(=O)c1cccc2cc3ccccc3cc12.NC(=O)O.NC(=O)O. The number of Topliss-reactive ketones (excluding diaryl/α,β-unsaturated/α-hetero) is 1. The molecule has 0 heterocycles. The second-order valence-electron chi connectivity index (χ2n) is 5.51. The highest BCUT2D eigenvalue weighted by atomic mass is 16.4. The van der Waals surface area contributed by atoms with Crippen LogP contribution in [0.5, 0.6) is 0 Å². The first kappa shape index (κ1) is 21.2. The van der Waals surface area contributed by atoms with E-state index in [4.69, 9.17) is 19.8 Å². The van der Waals surface area contributed by atoms with Crippen molar-refractivity contribution in [3.05, 3.63) is 72.3 Å². The van der Waals surface area contributed by atoms with Crippen molar-refractivity contribution in [3.63, 3.8) is 0 Å². The molecule has 0 atom stereocenters. The Morgan fingerprint density at radius 2 is 1.26 bits per heavy atom. The minimum absolute atomic E-state index is 0.0147. The predicted molar refractivity (Wildman–Crippen MR) is 105 cm³/mol. The van der Waals surface area contributed by atoms with E-state index in [0.717, 1.165) is 21.7 Å². The van der Waals surface area contributed by atoms with Gasteiger partial charge in [0.2, 0.25) is 0 Å². The van der Waals surface area contributed by atoms with Gasteiger partial charge >= 0.3 is 12.2 Å². The van der Waals surface area contributed by atoms with Gasteiger partial charge in [-0.2, -0.15) is 0 Å². The van der Waals surface area contributed by atoms with Crippen molar-refractivity contribution in [3.8, 4) is 0 Å². The number of primary amides is 2. The van der Waals surface area contributed by atoms with E-state index in [2.05, 4.69) is 42.3 Å². The quantitative estimate of drug-likeness (QED) is 0.307. The molecular weight excluding hydrogens is 348 g/mol. The van der Waals surface area contributed by atoms with Crippen molar-refractivity contribution in [2.75, 3.05) is 0 Å². The van der Waals surface area contributed by atoms with Crippen molar-refractivity contribution >= 4 is 39.5 Å². The number of hydrogen-bond donors (Lipinski definition) is 4. The van der Waals surface area contributed by atoms with E-state index >= 15 is 0 Å². The molecule has 7 nitrogen and oxygen atoms in total. The first-order valence-electron chi connectivity index (χ1n) is 7.72. The lowest BCUT2D eigenvalue weighted by atomic mass is 9.96. The Balaban J connectivity index is 0.000000390. The maximum Gasteiger partial charge on any atom is 0.402 e. The Hall–Kier alpha value is -3.87. The summed E-state index contributed by atoms with van der Waals surface area (Å²) < 4.78 is 0. The summed E-state index contributed by atoms with van der Waals surface area (Å²) in [5.41, 5.74) is 9.36. The third-order valence-electron chi connectivity index (χ3n) is 3.38. The van der Waals surface area contributed by atoms with Crippen molar-refractivity contribution in [2.45, 2.75) is 6.92 Å². The molecule has 0 fully saturated rings. The topological polar surface area (TPSA) is 144 Å². The van der Waals surface area contributed by atoms with Crippen LogP contribution in [0, 0.1) is 0 Å². The summed E-state index contributed by atoms with van der Waals surface area (Å²) in [4.78, 5) is 29.8. The van der Waals surface area contributed by atoms with Gasteiger partial charge in [-0.05, 0) is 46.2 Å². The first-order chi connectivity index (χ1) is 12.6. The van der Waals surface area contributed by atoms with Crippen LogP contribution in [-0.2, 0) is 0 Å². The van der Waals surface area contributed by atoms with Crippen LogP contribution in [0.15, 0.2) is 66.7 Å². The molecule has 3 aromatic carbocycles. The summed E-state index contributed by atoms with van der Waals surface area (Å²) in [6.07, 6.45) is -2.67. The van der Waals surface area contributed by atoms with Crippen molar-refractivity contribution in [2.24, 2.45) is 11.5 Å². The average Bonchev–Trinajstić information content (AvgIpc) is 2.57. The van der Waals surface area contributed by atoms with Crippen LogP contribution in [0.1, 0.15) is 17.3 Å². The summed E-state index contributed by atoms with van der Waals surface area (Å²) in [6.45, 7) is 5.50. The Morgan fingerprint density at radius 1 is 0.815 bits per heavy atom. The molecule has 7 heteroatoms. The van der Waals surface area contributed by atoms with E-state index in [1.165, 1.54) is 5.39 Å². The van der Waals surface area contributed by atoms with Crippen molar-refractivity contribution < 1.29 is 24.6 Å². The number of allylic oxidation sites excluding steroid dienone is 1. The van der Waals surface area contributed by atoms with Gasteiger partial charge in [-0.25, -0.2) is 9.59 Å². The highest BCUT2D eigenvalue weighted by Gasteiger charge is 2.10. The number of amides is 2. The number of carbonyl (C=O) groups excluding carboxylic acids is 1. The van der Waals surface area contributed by atoms with Crippen LogP contribution >= 0.6 is 0 Å². The Kier molecular flexibility index (Phi) is 7.51. The number of carbonyl (C=O) groups is 3. The minimum atomic E-state index is -1.33. The van der Waals surface area contributed by atoms with E-state index in [9.17, 15) is 4.79 Å². The molecule has 0 aliphatic heterocycles. The number of carboxylic acid groups (broad SMARTS) is 2. The van der Waals surface area contributed by atoms with Gasteiger partial charge < -0.3 is 21.7 Å². The molecule has 3 rings (SSSR count). The third kappa shape index (κ3) is 6.50. The number of fused-ring (bicyclic) bond motifs is 2. The van der Waals surface area contributed by atoms with E-state index in [1.807, 2.05) is 30.3 Å². The fourth-order valence-corrected chi connectivity index (χ4v) is 2.39. The first-order valence-corrected chi connectivity index (χ1v) is 7.72. The summed E-state index contributed by atoms with van der Waals surface area (Å²) >= 11 is 0. The van der Waals surface area contributed by atoms with Crippen LogP contribution in [-0.4, -0.2) is 28.2 Å². The molecule has 3 aromatic rings. The predicted octanol–water partition coefficient (Wildman–Crippen LogP) is 4.00. The molecule has 27 heavy (non-hydrogen) atoms. The minimum Gasteiger partial charge on any atom is -0.465 e. The summed E-state index contributed by atoms with van der Waals surface area (Å²) in [7, 11) is 0. The average molecular weight is 368 g/mol. The number of rotatable bonds is 2. The summed E-state index contributed by atoms with van der Waals surface area (Å²) in [5.74, 6) is 0.0147. The number of benzene rings is 3. The van der Waals surface area contributed by atoms with Crippen molar-refractivity contribution in [1.29, 1.82) is 0 Å². The maximum atomic E-state index is 12.2. The lowest BCUT2D eigenvalue weighted by Gasteiger charge is -2.07. The zero-order chi connectivity index (χ0) is 20.6. The molecule has 0 unspecified atom stereocenters. The van der Waals surface area contributed by atoms with Crippen molar-refractivity contribution in [1.82, 2.24) is 0 Å². The highest BCUT2D eigenvalue weighted by molar-refractivity contribution is 6.17. The number of nitrogens with two attached hydrogens (primary N) is 2. The normalized spacial score (nSPS) is 9.37. The van der Waals surface area contributed by atoms with E-state index < -0.39 is 12.2 Å². The maximum absolute atomic E-state index is 12.2. The van der Waals surface area contributed by atoms with Gasteiger partial charge in [-0.1, -0.05) is 49.0 Å². The van der Waals surface area contributed by atoms with Gasteiger partial charge in [0.15, 0.2) is 5.78 Å². The van der Waals surface area contributed by atoms with Gasteiger partial charge in [0, 0.05) is 5.56 Å². The van der Waals surface area contributed by atoms with Gasteiger partial charge in [0.05, 0.1) is 0 Å². The van der Waals surface area contributed by atoms with Gasteiger partial charge in [-0.3, -0.25) is 4.79 Å². The molecule has 0 aliphatic rings. The molecule has 0 spiro atoms. The van der Waals surface area contributed by atoms with E-state index in [-0.39, 0.29) is 5.78 Å². The molecule has 2 amide bonds. The third-order valence-corrected chi connectivity index (χ3v) is 3.38. The van der Waals surface area contributed by atoms with Crippen LogP contribution in [0.4, 0.5) is 9.59 Å². The van der Waals surface area contributed by atoms with E-state index in [0.29, 0.717) is 5.57 Å². The molecule has 0 saturated heterocycles. The zero-order valence-corrected chi connectivity index (χ0v) is 14.7. The van der Waals surface area contributed by atoms with Crippen LogP contribution in [0.2, 0.25) is 0 Å². The smallest absolute Gasteiger partial charge is 0.402 e. The Bertz CT molecular complexity index is 992. The van der Waals surface area contributed by atoms with E-state index in [1.54, 1.807) is 6.92 Å². The molecule has 0 radical (unpaired) electrons. The standard InChI is InChI=1S/C18H14O.2CH3NO2/c1-12(2)18(19)16-9-5-8-15-10-13-6-3-4-7-14(13)11-17(15)16;2*2-1(3)4/h3-11H,1H2,2H3;2*2H2,(H,3,4). The molecular formula is C20H20N2O5. The lowest BCUT2D eigenvalue weighted by molar-refractivity contribution is 0.103.